The lowest BCUT2D eigenvalue weighted by molar-refractivity contribution is -0.123. The van der Waals surface area contributed by atoms with Crippen LogP contribution in [0.25, 0.3) is 0 Å². The van der Waals surface area contributed by atoms with Crippen LogP contribution in [0.4, 0.5) is 0 Å². The van der Waals surface area contributed by atoms with E-state index in [1.54, 1.807) is 0 Å². The Morgan fingerprint density at radius 2 is 1.94 bits per heavy atom. The van der Waals surface area contributed by atoms with Crippen LogP contribution in [0.1, 0.15) is 64.7 Å². The molecule has 1 saturated carbocycles. The summed E-state index contributed by atoms with van der Waals surface area (Å²) in [6.07, 6.45) is 11.0. The second-order valence-corrected chi connectivity index (χ2v) is 5.82. The zero-order valence-corrected chi connectivity index (χ0v) is 11.3. The van der Waals surface area contributed by atoms with Crippen LogP contribution in [-0.2, 0) is 4.79 Å². The highest BCUT2D eigenvalue weighted by Gasteiger charge is 2.27. The SMILES string of the molecule is CCC1CCCCN1CC1CCCCCC1=O. The fourth-order valence-corrected chi connectivity index (χ4v) is 3.47. The second-order valence-electron chi connectivity index (χ2n) is 5.82. The van der Waals surface area contributed by atoms with Gasteiger partial charge in [0.2, 0.25) is 0 Å². The van der Waals surface area contributed by atoms with Gasteiger partial charge in [-0.3, -0.25) is 9.69 Å². The Kier molecular flexibility index (Phi) is 5.02. The van der Waals surface area contributed by atoms with E-state index in [-0.39, 0.29) is 0 Å². The number of Topliss-reactive ketones (excluding diaryl/α,β-unsaturated/α-hetero) is 1. The maximum Gasteiger partial charge on any atom is 0.137 e. The van der Waals surface area contributed by atoms with Gasteiger partial charge in [-0.1, -0.05) is 26.2 Å². The molecule has 2 rings (SSSR count). The van der Waals surface area contributed by atoms with Crippen LogP contribution in [0.15, 0.2) is 0 Å². The van der Waals surface area contributed by atoms with Crippen molar-refractivity contribution >= 4 is 5.78 Å². The van der Waals surface area contributed by atoms with Crippen molar-refractivity contribution in [2.24, 2.45) is 5.92 Å². The summed E-state index contributed by atoms with van der Waals surface area (Å²) in [6, 6.07) is 0.750. The molecule has 1 heterocycles. The number of ketones is 1. The fraction of sp³-hybridized carbons (Fsp3) is 0.933. The standard InChI is InChI=1S/C15H27NO/c1-2-14-9-6-7-11-16(14)12-13-8-4-3-5-10-15(13)17/h13-14H,2-12H2,1H3. The molecule has 0 N–H and O–H groups in total. The van der Waals surface area contributed by atoms with Crippen LogP contribution in [0.5, 0.6) is 0 Å². The highest BCUT2D eigenvalue weighted by molar-refractivity contribution is 5.81. The Balaban J connectivity index is 1.90. The Morgan fingerprint density at radius 1 is 1.12 bits per heavy atom. The first-order valence-electron chi connectivity index (χ1n) is 7.58. The third-order valence-electron chi connectivity index (χ3n) is 4.61. The minimum atomic E-state index is 0.352. The molecule has 98 valence electrons. The summed E-state index contributed by atoms with van der Waals surface area (Å²) in [6.45, 7) is 4.57. The van der Waals surface area contributed by atoms with Crippen molar-refractivity contribution in [1.29, 1.82) is 0 Å². The molecule has 1 aliphatic heterocycles. The van der Waals surface area contributed by atoms with E-state index in [1.807, 2.05) is 0 Å². The van der Waals surface area contributed by atoms with Crippen LogP contribution in [0, 0.1) is 5.92 Å². The molecule has 0 aromatic carbocycles. The molecule has 1 saturated heterocycles. The molecule has 2 aliphatic rings. The van der Waals surface area contributed by atoms with Gasteiger partial charge in [0, 0.05) is 24.9 Å². The van der Waals surface area contributed by atoms with Crippen molar-refractivity contribution in [2.45, 2.75) is 70.8 Å². The van der Waals surface area contributed by atoms with Gasteiger partial charge in [-0.05, 0) is 38.6 Å². The van der Waals surface area contributed by atoms with Crippen molar-refractivity contribution in [2.75, 3.05) is 13.1 Å². The average Bonchev–Trinajstić information content (AvgIpc) is 2.56. The number of nitrogens with zero attached hydrogens (tertiary/aromatic N) is 1. The molecule has 2 nitrogen and oxygen atoms in total. The number of carbonyl (C=O) groups is 1. The van der Waals surface area contributed by atoms with Crippen LogP contribution >= 0.6 is 0 Å². The van der Waals surface area contributed by atoms with Gasteiger partial charge in [0.1, 0.15) is 5.78 Å². The Hall–Kier alpha value is -0.370. The van der Waals surface area contributed by atoms with Crippen molar-refractivity contribution in [3.8, 4) is 0 Å². The van der Waals surface area contributed by atoms with Crippen LogP contribution < -0.4 is 0 Å². The zero-order valence-electron chi connectivity index (χ0n) is 11.3. The van der Waals surface area contributed by atoms with Gasteiger partial charge in [-0.2, -0.15) is 0 Å². The molecule has 1 aliphatic carbocycles. The number of piperidine rings is 1. The number of likely N-dealkylation sites (tertiary alicyclic amines) is 1. The number of rotatable bonds is 3. The molecule has 2 unspecified atom stereocenters. The predicted molar refractivity (Wildman–Crippen MR) is 71.1 cm³/mol. The first-order chi connectivity index (χ1) is 8.31. The molecular formula is C15H27NO. The summed E-state index contributed by atoms with van der Waals surface area (Å²) in [4.78, 5) is 14.7. The quantitative estimate of drug-likeness (QED) is 0.701. The largest absolute Gasteiger partial charge is 0.300 e. The van der Waals surface area contributed by atoms with Crippen LogP contribution in [-0.4, -0.2) is 29.8 Å². The molecule has 17 heavy (non-hydrogen) atoms. The lowest BCUT2D eigenvalue weighted by atomic mass is 9.94. The summed E-state index contributed by atoms with van der Waals surface area (Å²) in [7, 11) is 0. The molecule has 0 aromatic rings. The predicted octanol–water partition coefficient (Wildman–Crippen LogP) is 3.40. The minimum absolute atomic E-state index is 0.352. The molecule has 0 bridgehead atoms. The van der Waals surface area contributed by atoms with E-state index < -0.39 is 0 Å². The molecular weight excluding hydrogens is 210 g/mol. The molecule has 2 fully saturated rings. The minimum Gasteiger partial charge on any atom is -0.300 e. The summed E-state index contributed by atoms with van der Waals surface area (Å²) in [5, 5.41) is 0. The van der Waals surface area contributed by atoms with E-state index in [1.165, 1.54) is 45.1 Å². The first-order valence-corrected chi connectivity index (χ1v) is 7.58. The Labute approximate surface area is 106 Å². The van der Waals surface area contributed by atoms with E-state index in [9.17, 15) is 4.79 Å². The van der Waals surface area contributed by atoms with Crippen LogP contribution in [0.2, 0.25) is 0 Å². The fourth-order valence-electron chi connectivity index (χ4n) is 3.47. The topological polar surface area (TPSA) is 20.3 Å². The van der Waals surface area contributed by atoms with Crippen LogP contribution in [0.3, 0.4) is 0 Å². The lowest BCUT2D eigenvalue weighted by Crippen LogP contribution is -2.43. The third-order valence-corrected chi connectivity index (χ3v) is 4.61. The van der Waals surface area contributed by atoms with Crippen molar-refractivity contribution in [3.05, 3.63) is 0 Å². The molecule has 0 amide bonds. The number of hydrogen-bond donors (Lipinski definition) is 0. The van der Waals surface area contributed by atoms with E-state index >= 15 is 0 Å². The number of hydrogen-bond acceptors (Lipinski definition) is 2. The van der Waals surface area contributed by atoms with Gasteiger partial charge in [0.25, 0.3) is 0 Å². The molecule has 0 aromatic heterocycles. The molecule has 0 radical (unpaired) electrons. The number of carbonyl (C=O) groups excluding carboxylic acids is 1. The Morgan fingerprint density at radius 3 is 2.76 bits per heavy atom. The molecule has 2 atom stereocenters. The summed E-state index contributed by atoms with van der Waals surface area (Å²) < 4.78 is 0. The van der Waals surface area contributed by atoms with Gasteiger partial charge in [-0.15, -0.1) is 0 Å². The van der Waals surface area contributed by atoms with E-state index in [2.05, 4.69) is 11.8 Å². The first kappa shape index (κ1) is 13.1. The third kappa shape index (κ3) is 3.54. The van der Waals surface area contributed by atoms with Gasteiger partial charge in [-0.25, -0.2) is 0 Å². The maximum absolute atomic E-state index is 12.1. The van der Waals surface area contributed by atoms with Gasteiger partial charge in [0.15, 0.2) is 0 Å². The lowest BCUT2D eigenvalue weighted by Gasteiger charge is -2.37. The summed E-state index contributed by atoms with van der Waals surface area (Å²) in [5.41, 5.74) is 0. The summed E-state index contributed by atoms with van der Waals surface area (Å²) in [5.74, 6) is 0.896. The van der Waals surface area contributed by atoms with Gasteiger partial charge < -0.3 is 0 Å². The van der Waals surface area contributed by atoms with Gasteiger partial charge in [0.05, 0.1) is 0 Å². The van der Waals surface area contributed by atoms with Crippen molar-refractivity contribution in [1.82, 2.24) is 4.90 Å². The summed E-state index contributed by atoms with van der Waals surface area (Å²) >= 11 is 0. The van der Waals surface area contributed by atoms with Gasteiger partial charge >= 0.3 is 0 Å². The smallest absolute Gasteiger partial charge is 0.137 e. The zero-order chi connectivity index (χ0) is 12.1. The van der Waals surface area contributed by atoms with E-state index in [0.717, 1.165) is 31.8 Å². The Bertz CT molecular complexity index is 251. The normalized spacial score (nSPS) is 32.4. The molecule has 0 spiro atoms. The monoisotopic (exact) mass is 237 g/mol. The maximum atomic E-state index is 12.1. The van der Waals surface area contributed by atoms with Crippen molar-refractivity contribution in [3.63, 3.8) is 0 Å². The van der Waals surface area contributed by atoms with E-state index in [4.69, 9.17) is 0 Å². The molecule has 2 heteroatoms. The second kappa shape index (κ2) is 6.53. The van der Waals surface area contributed by atoms with E-state index in [0.29, 0.717) is 11.7 Å². The van der Waals surface area contributed by atoms with Crippen molar-refractivity contribution < 1.29 is 4.79 Å². The highest BCUT2D eigenvalue weighted by Crippen LogP contribution is 2.25. The average molecular weight is 237 g/mol. The highest BCUT2D eigenvalue weighted by atomic mass is 16.1.